The van der Waals surface area contributed by atoms with Gasteiger partial charge in [0, 0.05) is 23.1 Å². The van der Waals surface area contributed by atoms with E-state index in [1.807, 2.05) is 12.1 Å². The van der Waals surface area contributed by atoms with E-state index in [0.29, 0.717) is 18.2 Å². The zero-order valence-corrected chi connectivity index (χ0v) is 10.4. The lowest BCUT2D eigenvalue weighted by molar-refractivity contribution is -0.121. The molecule has 0 aromatic carbocycles. The zero-order chi connectivity index (χ0) is 11.4. The first-order valence-electron chi connectivity index (χ1n) is 5.11. The molecule has 88 valence electrons. The Morgan fingerprint density at radius 3 is 2.81 bits per heavy atom. The summed E-state index contributed by atoms with van der Waals surface area (Å²) in [6, 6.07) is 3.77. The Kier molecular flexibility index (Phi) is 4.08. The second kappa shape index (κ2) is 5.36. The Labute approximate surface area is 104 Å². The number of thioether (sulfide) groups is 1. The maximum absolute atomic E-state index is 9.24. The monoisotopic (exact) mass is 259 g/mol. The second-order valence-corrected chi connectivity index (χ2v) is 5.53. The predicted molar refractivity (Wildman–Crippen MR) is 65.7 cm³/mol. The van der Waals surface area contributed by atoms with E-state index in [1.54, 1.807) is 18.0 Å². The van der Waals surface area contributed by atoms with Gasteiger partial charge in [-0.25, -0.2) is 0 Å². The van der Waals surface area contributed by atoms with E-state index in [-0.39, 0.29) is 12.0 Å². The molecule has 0 radical (unpaired) electrons. The van der Waals surface area contributed by atoms with Crippen molar-refractivity contribution in [3.05, 3.63) is 29.0 Å². The van der Waals surface area contributed by atoms with Gasteiger partial charge in [-0.2, -0.15) is 11.8 Å². The number of halogens is 1. The van der Waals surface area contributed by atoms with E-state index < -0.39 is 0 Å². The first-order chi connectivity index (χ1) is 7.74. The fourth-order valence-corrected chi connectivity index (χ4v) is 2.76. The lowest BCUT2D eigenvalue weighted by Crippen LogP contribution is -2.47. The van der Waals surface area contributed by atoms with Gasteiger partial charge in [0.25, 0.3) is 0 Å². The molecule has 0 aliphatic carbocycles. The molecule has 0 saturated carbocycles. The van der Waals surface area contributed by atoms with Crippen molar-refractivity contribution in [3.63, 3.8) is 0 Å². The van der Waals surface area contributed by atoms with Gasteiger partial charge < -0.3 is 9.84 Å². The van der Waals surface area contributed by atoms with Crippen molar-refractivity contribution in [2.75, 3.05) is 25.6 Å². The first kappa shape index (κ1) is 12.2. The Bertz CT molecular complexity index is 335. The third-order valence-electron chi connectivity index (χ3n) is 2.60. The molecular formula is C11H14ClNO2S. The molecule has 1 aliphatic heterocycles. The van der Waals surface area contributed by atoms with Crippen LogP contribution in [0, 0.1) is 5.41 Å². The molecule has 0 amide bonds. The minimum atomic E-state index is -0.0168. The van der Waals surface area contributed by atoms with Crippen molar-refractivity contribution >= 4 is 23.4 Å². The highest BCUT2D eigenvalue weighted by Crippen LogP contribution is 2.31. The summed E-state index contributed by atoms with van der Waals surface area (Å²) in [4.78, 5) is 4.22. The summed E-state index contributed by atoms with van der Waals surface area (Å²) in [7, 11) is 0. The van der Waals surface area contributed by atoms with E-state index in [4.69, 9.17) is 16.3 Å². The van der Waals surface area contributed by atoms with Crippen molar-refractivity contribution < 1.29 is 9.84 Å². The van der Waals surface area contributed by atoms with Gasteiger partial charge in [-0.3, -0.25) is 4.98 Å². The van der Waals surface area contributed by atoms with Crippen LogP contribution >= 0.6 is 23.4 Å². The van der Waals surface area contributed by atoms with Crippen LogP contribution in [0.2, 0.25) is 5.02 Å². The molecule has 0 bridgehead atoms. The lowest BCUT2D eigenvalue weighted by atomic mass is 9.90. The normalized spacial score (nSPS) is 18.1. The van der Waals surface area contributed by atoms with Crippen molar-refractivity contribution in [1.82, 2.24) is 4.98 Å². The number of pyridine rings is 1. The van der Waals surface area contributed by atoms with Gasteiger partial charge in [-0.1, -0.05) is 11.6 Å². The van der Waals surface area contributed by atoms with Crippen molar-refractivity contribution in [3.8, 4) is 0 Å². The summed E-state index contributed by atoms with van der Waals surface area (Å²) in [6.07, 6.45) is 1.66. The van der Waals surface area contributed by atoms with Crippen LogP contribution in [0.25, 0.3) is 0 Å². The fourth-order valence-electron chi connectivity index (χ4n) is 1.47. The van der Waals surface area contributed by atoms with Gasteiger partial charge in [0.1, 0.15) is 0 Å². The Balaban J connectivity index is 1.77. The second-order valence-electron chi connectivity index (χ2n) is 4.11. The van der Waals surface area contributed by atoms with Crippen molar-refractivity contribution in [2.45, 2.75) is 5.75 Å². The molecule has 2 heterocycles. The number of aromatic nitrogens is 1. The summed E-state index contributed by atoms with van der Waals surface area (Å²) in [5.74, 6) is 1.76. The molecule has 1 aromatic rings. The van der Waals surface area contributed by atoms with Gasteiger partial charge in [-0.05, 0) is 12.1 Å². The highest BCUT2D eigenvalue weighted by atomic mass is 35.5. The third-order valence-corrected chi connectivity index (χ3v) is 4.14. The summed E-state index contributed by atoms with van der Waals surface area (Å²) >= 11 is 7.53. The smallest absolute Gasteiger partial charge is 0.0589 e. The molecular weight excluding hydrogens is 246 g/mol. The summed E-state index contributed by atoms with van der Waals surface area (Å²) < 4.78 is 5.14. The molecule has 0 spiro atoms. The van der Waals surface area contributed by atoms with Gasteiger partial charge in [0.15, 0.2) is 0 Å². The number of hydrogen-bond acceptors (Lipinski definition) is 4. The largest absolute Gasteiger partial charge is 0.396 e. The highest BCUT2D eigenvalue weighted by molar-refractivity contribution is 7.98. The van der Waals surface area contributed by atoms with Crippen LogP contribution in [0.5, 0.6) is 0 Å². The van der Waals surface area contributed by atoms with E-state index in [1.165, 1.54) is 0 Å². The molecule has 5 heteroatoms. The predicted octanol–water partition coefficient (Wildman–Crippen LogP) is 1.98. The standard InChI is InChI=1S/C11H14ClNO2S/c12-9-1-2-10(13-3-9)4-16-8-11(5-14)6-15-7-11/h1-3,14H,4-8H2. The van der Waals surface area contributed by atoms with Gasteiger partial charge >= 0.3 is 0 Å². The van der Waals surface area contributed by atoms with E-state index >= 15 is 0 Å². The van der Waals surface area contributed by atoms with Crippen molar-refractivity contribution in [1.29, 1.82) is 0 Å². The summed E-state index contributed by atoms with van der Waals surface area (Å²) in [5.41, 5.74) is 1.000. The Morgan fingerprint density at radius 1 is 1.50 bits per heavy atom. The van der Waals surface area contributed by atoms with E-state index in [9.17, 15) is 5.11 Å². The molecule has 1 fully saturated rings. The van der Waals surface area contributed by atoms with E-state index in [0.717, 1.165) is 17.2 Å². The maximum atomic E-state index is 9.24. The van der Waals surface area contributed by atoms with E-state index in [2.05, 4.69) is 4.98 Å². The lowest BCUT2D eigenvalue weighted by Gasteiger charge is -2.39. The van der Waals surface area contributed by atoms with Gasteiger partial charge in [0.05, 0.1) is 30.5 Å². The van der Waals surface area contributed by atoms with Crippen LogP contribution in [-0.2, 0) is 10.5 Å². The summed E-state index contributed by atoms with van der Waals surface area (Å²) in [6.45, 7) is 1.54. The molecule has 1 aliphatic rings. The molecule has 16 heavy (non-hydrogen) atoms. The number of rotatable bonds is 5. The van der Waals surface area contributed by atoms with Crippen LogP contribution in [0.4, 0.5) is 0 Å². The SMILES string of the molecule is OCC1(CSCc2ccc(Cl)cn2)COC1. The average Bonchev–Trinajstić information content (AvgIpc) is 2.25. The Morgan fingerprint density at radius 2 is 2.31 bits per heavy atom. The maximum Gasteiger partial charge on any atom is 0.0589 e. The quantitative estimate of drug-likeness (QED) is 0.878. The number of hydrogen-bond donors (Lipinski definition) is 1. The van der Waals surface area contributed by atoms with Crippen LogP contribution in [0.3, 0.4) is 0 Å². The number of aliphatic hydroxyl groups excluding tert-OH is 1. The molecule has 1 N–H and O–H groups in total. The average molecular weight is 260 g/mol. The number of ether oxygens (including phenoxy) is 1. The topological polar surface area (TPSA) is 42.4 Å². The molecule has 2 rings (SSSR count). The van der Waals surface area contributed by atoms with Crippen molar-refractivity contribution in [2.24, 2.45) is 5.41 Å². The summed E-state index contributed by atoms with van der Waals surface area (Å²) in [5, 5.41) is 9.90. The van der Waals surface area contributed by atoms with Crippen LogP contribution in [0.15, 0.2) is 18.3 Å². The molecule has 3 nitrogen and oxygen atoms in total. The van der Waals surface area contributed by atoms with Crippen LogP contribution in [0.1, 0.15) is 5.69 Å². The van der Waals surface area contributed by atoms with Crippen LogP contribution < -0.4 is 0 Å². The molecule has 0 atom stereocenters. The molecule has 1 aromatic heterocycles. The minimum Gasteiger partial charge on any atom is -0.396 e. The Hall–Kier alpha value is -0.290. The molecule has 1 saturated heterocycles. The fraction of sp³-hybridized carbons (Fsp3) is 0.545. The highest BCUT2D eigenvalue weighted by Gasteiger charge is 2.37. The van der Waals surface area contributed by atoms with Crippen LogP contribution in [-0.4, -0.2) is 35.7 Å². The van der Waals surface area contributed by atoms with Gasteiger partial charge in [-0.15, -0.1) is 0 Å². The number of nitrogens with zero attached hydrogens (tertiary/aromatic N) is 1. The minimum absolute atomic E-state index is 0.0168. The van der Waals surface area contributed by atoms with Gasteiger partial charge in [0.2, 0.25) is 0 Å². The third kappa shape index (κ3) is 2.88. The zero-order valence-electron chi connectivity index (χ0n) is 8.86. The first-order valence-corrected chi connectivity index (χ1v) is 6.64. The molecule has 0 unspecified atom stereocenters. The number of aliphatic hydroxyl groups is 1.